The highest BCUT2D eigenvalue weighted by molar-refractivity contribution is 5.95. The molecule has 0 aromatic carbocycles. The van der Waals surface area contributed by atoms with E-state index in [9.17, 15) is 9.18 Å². The summed E-state index contributed by atoms with van der Waals surface area (Å²) in [4.78, 5) is 15.6. The molecular weight excluding hydrogens is 249 g/mol. The van der Waals surface area contributed by atoms with Crippen LogP contribution >= 0.6 is 0 Å². The van der Waals surface area contributed by atoms with Gasteiger partial charge in [0, 0.05) is 19.4 Å². The molecule has 0 spiro atoms. The minimum absolute atomic E-state index is 0.0344. The van der Waals surface area contributed by atoms with Crippen LogP contribution in [0.4, 0.5) is 10.2 Å². The summed E-state index contributed by atoms with van der Waals surface area (Å²) < 4.78 is 13.8. The fraction of sp³-hybridized carbons (Fsp3) is 0.167. The van der Waals surface area contributed by atoms with E-state index in [1.54, 1.807) is 12.1 Å². The standard InChI is InChI=1S/C12H12FN5O/c1-14-11-10(13)9(4-6-15-11)12(19)16-7-8-3-2-5-17-18-8/h2-6H,7H2,1H3,(H,14,15)(H,16,19). The Balaban J connectivity index is 2.08. The van der Waals surface area contributed by atoms with E-state index in [1.807, 2.05) is 0 Å². The second kappa shape index (κ2) is 5.85. The van der Waals surface area contributed by atoms with E-state index in [-0.39, 0.29) is 17.9 Å². The van der Waals surface area contributed by atoms with Gasteiger partial charge in [0.1, 0.15) is 0 Å². The third kappa shape index (κ3) is 3.01. The molecule has 0 bridgehead atoms. The maximum absolute atomic E-state index is 13.8. The van der Waals surface area contributed by atoms with Gasteiger partial charge < -0.3 is 10.6 Å². The van der Waals surface area contributed by atoms with Crippen molar-refractivity contribution in [3.63, 3.8) is 0 Å². The quantitative estimate of drug-likeness (QED) is 0.857. The average Bonchev–Trinajstić information content (AvgIpc) is 2.46. The molecule has 0 saturated carbocycles. The molecule has 0 atom stereocenters. The zero-order chi connectivity index (χ0) is 13.7. The van der Waals surface area contributed by atoms with E-state index >= 15 is 0 Å². The highest BCUT2D eigenvalue weighted by Gasteiger charge is 2.15. The summed E-state index contributed by atoms with van der Waals surface area (Å²) in [5.41, 5.74) is 0.530. The molecule has 1 amide bonds. The number of carbonyl (C=O) groups is 1. The number of halogens is 1. The summed E-state index contributed by atoms with van der Waals surface area (Å²) in [6.07, 6.45) is 2.90. The molecule has 2 rings (SSSR count). The third-order valence-corrected chi connectivity index (χ3v) is 2.43. The van der Waals surface area contributed by atoms with Crippen LogP contribution in [0, 0.1) is 5.82 Å². The molecule has 0 aliphatic heterocycles. The lowest BCUT2D eigenvalue weighted by molar-refractivity contribution is 0.0946. The zero-order valence-electron chi connectivity index (χ0n) is 10.2. The molecule has 0 radical (unpaired) electrons. The number of rotatable bonds is 4. The van der Waals surface area contributed by atoms with Gasteiger partial charge in [-0.05, 0) is 18.2 Å². The molecule has 19 heavy (non-hydrogen) atoms. The summed E-state index contributed by atoms with van der Waals surface area (Å²) in [5.74, 6) is -1.17. The van der Waals surface area contributed by atoms with Crippen LogP contribution in [-0.4, -0.2) is 28.1 Å². The van der Waals surface area contributed by atoms with Crippen molar-refractivity contribution in [1.82, 2.24) is 20.5 Å². The molecule has 2 heterocycles. The van der Waals surface area contributed by atoms with Crippen LogP contribution in [-0.2, 0) is 6.54 Å². The monoisotopic (exact) mass is 261 g/mol. The number of hydrogen-bond acceptors (Lipinski definition) is 5. The van der Waals surface area contributed by atoms with Gasteiger partial charge in [-0.25, -0.2) is 9.37 Å². The second-order valence-electron chi connectivity index (χ2n) is 3.67. The Morgan fingerprint density at radius 2 is 2.21 bits per heavy atom. The lowest BCUT2D eigenvalue weighted by Crippen LogP contribution is -2.24. The Morgan fingerprint density at radius 3 is 2.89 bits per heavy atom. The Kier molecular flexibility index (Phi) is 3.97. The molecule has 0 aliphatic carbocycles. The molecule has 2 aromatic heterocycles. The Labute approximate surface area is 109 Å². The molecule has 98 valence electrons. The second-order valence-corrected chi connectivity index (χ2v) is 3.67. The van der Waals surface area contributed by atoms with Gasteiger partial charge in [-0.3, -0.25) is 4.79 Å². The predicted molar refractivity (Wildman–Crippen MR) is 66.9 cm³/mol. The Bertz CT molecular complexity index is 576. The van der Waals surface area contributed by atoms with Gasteiger partial charge >= 0.3 is 0 Å². The largest absolute Gasteiger partial charge is 0.371 e. The number of anilines is 1. The minimum Gasteiger partial charge on any atom is -0.371 e. The molecule has 0 fully saturated rings. The smallest absolute Gasteiger partial charge is 0.254 e. The number of nitrogens with one attached hydrogen (secondary N) is 2. The summed E-state index contributed by atoms with van der Waals surface area (Å²) in [7, 11) is 1.53. The van der Waals surface area contributed by atoms with Crippen molar-refractivity contribution in [2.24, 2.45) is 0 Å². The number of nitrogens with zero attached hydrogens (tertiary/aromatic N) is 3. The van der Waals surface area contributed by atoms with Crippen molar-refractivity contribution < 1.29 is 9.18 Å². The van der Waals surface area contributed by atoms with Gasteiger partial charge in [-0.1, -0.05) is 0 Å². The molecule has 0 saturated heterocycles. The lowest BCUT2D eigenvalue weighted by Gasteiger charge is -2.07. The van der Waals surface area contributed by atoms with Gasteiger partial charge in [-0.15, -0.1) is 0 Å². The first-order valence-electron chi connectivity index (χ1n) is 5.59. The van der Waals surface area contributed by atoms with Crippen molar-refractivity contribution in [1.29, 1.82) is 0 Å². The summed E-state index contributed by atoms with van der Waals surface area (Å²) >= 11 is 0. The number of aromatic nitrogens is 3. The van der Waals surface area contributed by atoms with Crippen LogP contribution in [0.25, 0.3) is 0 Å². The van der Waals surface area contributed by atoms with Crippen LogP contribution in [0.1, 0.15) is 16.1 Å². The maximum atomic E-state index is 13.8. The van der Waals surface area contributed by atoms with Crippen molar-refractivity contribution in [3.8, 4) is 0 Å². The summed E-state index contributed by atoms with van der Waals surface area (Å²) in [6, 6.07) is 4.75. The molecular formula is C12H12FN5O. The first kappa shape index (κ1) is 12.9. The lowest BCUT2D eigenvalue weighted by atomic mass is 10.2. The summed E-state index contributed by atoms with van der Waals surface area (Å²) in [6.45, 7) is 0.184. The fourth-order valence-corrected chi connectivity index (χ4v) is 1.49. The van der Waals surface area contributed by atoms with Crippen LogP contribution in [0.15, 0.2) is 30.6 Å². The highest BCUT2D eigenvalue weighted by Crippen LogP contribution is 2.14. The molecule has 7 heteroatoms. The number of pyridine rings is 1. The van der Waals surface area contributed by atoms with E-state index in [0.717, 1.165) is 0 Å². The first-order valence-corrected chi connectivity index (χ1v) is 5.59. The predicted octanol–water partition coefficient (Wildman–Crippen LogP) is 0.982. The summed E-state index contributed by atoms with van der Waals surface area (Å²) in [5, 5.41) is 12.6. The van der Waals surface area contributed by atoms with Gasteiger partial charge in [0.25, 0.3) is 5.91 Å². The van der Waals surface area contributed by atoms with Crippen LogP contribution in [0.2, 0.25) is 0 Å². The van der Waals surface area contributed by atoms with Gasteiger partial charge in [0.15, 0.2) is 11.6 Å². The number of carbonyl (C=O) groups excluding carboxylic acids is 1. The molecule has 2 N–H and O–H groups in total. The average molecular weight is 261 g/mol. The van der Waals surface area contributed by atoms with E-state index in [0.29, 0.717) is 5.69 Å². The van der Waals surface area contributed by atoms with E-state index < -0.39 is 11.7 Å². The Morgan fingerprint density at radius 1 is 1.37 bits per heavy atom. The van der Waals surface area contributed by atoms with Gasteiger partial charge in [0.2, 0.25) is 0 Å². The van der Waals surface area contributed by atoms with Crippen molar-refractivity contribution in [2.75, 3.05) is 12.4 Å². The first-order chi connectivity index (χ1) is 9.22. The molecule has 6 nitrogen and oxygen atoms in total. The number of hydrogen-bond donors (Lipinski definition) is 2. The molecule has 0 unspecified atom stereocenters. The fourth-order valence-electron chi connectivity index (χ4n) is 1.49. The van der Waals surface area contributed by atoms with Crippen LogP contribution < -0.4 is 10.6 Å². The number of amides is 1. The van der Waals surface area contributed by atoms with Gasteiger partial charge in [-0.2, -0.15) is 10.2 Å². The highest BCUT2D eigenvalue weighted by atomic mass is 19.1. The van der Waals surface area contributed by atoms with Crippen LogP contribution in [0.3, 0.4) is 0 Å². The SMILES string of the molecule is CNc1nccc(C(=O)NCc2cccnn2)c1F. The van der Waals surface area contributed by atoms with E-state index in [2.05, 4.69) is 25.8 Å². The van der Waals surface area contributed by atoms with E-state index in [1.165, 1.54) is 25.5 Å². The van der Waals surface area contributed by atoms with E-state index in [4.69, 9.17) is 0 Å². The molecule has 2 aromatic rings. The van der Waals surface area contributed by atoms with Gasteiger partial charge in [0.05, 0.1) is 17.8 Å². The van der Waals surface area contributed by atoms with Crippen LogP contribution in [0.5, 0.6) is 0 Å². The van der Waals surface area contributed by atoms with Crippen molar-refractivity contribution in [2.45, 2.75) is 6.54 Å². The molecule has 0 aliphatic rings. The normalized spacial score (nSPS) is 10.0. The maximum Gasteiger partial charge on any atom is 0.254 e. The third-order valence-electron chi connectivity index (χ3n) is 2.43. The van der Waals surface area contributed by atoms with Crippen molar-refractivity contribution >= 4 is 11.7 Å². The van der Waals surface area contributed by atoms with Crippen molar-refractivity contribution in [3.05, 3.63) is 47.7 Å². The topological polar surface area (TPSA) is 79.8 Å². The Hall–Kier alpha value is -2.57. The zero-order valence-corrected chi connectivity index (χ0v) is 10.2. The minimum atomic E-state index is -0.679.